The molecule has 2 aromatic carbocycles. The van der Waals surface area contributed by atoms with Gasteiger partial charge in [0.05, 0.1) is 11.4 Å². The highest BCUT2D eigenvalue weighted by atomic mass is 32.2. The van der Waals surface area contributed by atoms with Crippen LogP contribution >= 0.6 is 11.8 Å². The summed E-state index contributed by atoms with van der Waals surface area (Å²) in [5, 5.41) is -0.257. The lowest BCUT2D eigenvalue weighted by Crippen LogP contribution is -2.27. The lowest BCUT2D eigenvalue weighted by Gasteiger charge is -2.12. The van der Waals surface area contributed by atoms with Crippen LogP contribution in [0.4, 0.5) is 4.79 Å². The summed E-state index contributed by atoms with van der Waals surface area (Å²) in [4.78, 5) is 26.7. The third-order valence-electron chi connectivity index (χ3n) is 3.86. The highest BCUT2D eigenvalue weighted by molar-refractivity contribution is 8.18. The van der Waals surface area contributed by atoms with Crippen molar-refractivity contribution in [2.75, 3.05) is 6.61 Å². The number of rotatable bonds is 6. The van der Waals surface area contributed by atoms with Crippen molar-refractivity contribution in [1.82, 2.24) is 4.90 Å². The summed E-state index contributed by atoms with van der Waals surface area (Å²) in [5.74, 6) is 0.373. The van der Waals surface area contributed by atoms with Crippen molar-refractivity contribution < 1.29 is 14.3 Å². The zero-order valence-corrected chi connectivity index (χ0v) is 15.3. The molecule has 4 nitrogen and oxygen atoms in total. The van der Waals surface area contributed by atoms with Crippen molar-refractivity contribution in [3.63, 3.8) is 0 Å². The molecule has 0 saturated carbocycles. The van der Waals surface area contributed by atoms with Gasteiger partial charge >= 0.3 is 0 Å². The number of para-hydroxylation sites is 1. The van der Waals surface area contributed by atoms with Gasteiger partial charge in [0.2, 0.25) is 0 Å². The SMILES string of the molecule is C=CCOc1ccccc1/C=C1\SC(=O)N(Cc2cccc(C)c2)C1=O. The molecule has 0 radical (unpaired) electrons. The van der Waals surface area contributed by atoms with Crippen LogP contribution in [0.2, 0.25) is 0 Å². The van der Waals surface area contributed by atoms with E-state index in [9.17, 15) is 9.59 Å². The van der Waals surface area contributed by atoms with Crippen LogP contribution in [0.3, 0.4) is 0 Å². The molecule has 1 aliphatic heterocycles. The molecular weight excluding hydrogens is 346 g/mol. The smallest absolute Gasteiger partial charge is 0.293 e. The van der Waals surface area contributed by atoms with E-state index in [1.807, 2.05) is 55.5 Å². The van der Waals surface area contributed by atoms with Gasteiger partial charge in [-0.1, -0.05) is 60.7 Å². The maximum atomic E-state index is 12.7. The largest absolute Gasteiger partial charge is 0.489 e. The predicted octanol–water partition coefficient (Wildman–Crippen LogP) is 4.80. The van der Waals surface area contributed by atoms with Crippen LogP contribution in [-0.4, -0.2) is 22.7 Å². The minimum Gasteiger partial charge on any atom is -0.489 e. The van der Waals surface area contributed by atoms with Crippen molar-refractivity contribution in [3.8, 4) is 5.75 Å². The van der Waals surface area contributed by atoms with Crippen LogP contribution in [0.5, 0.6) is 5.75 Å². The normalized spacial score (nSPS) is 15.6. The number of aryl methyl sites for hydroxylation is 1. The number of carbonyl (C=O) groups excluding carboxylic acids is 2. The third kappa shape index (κ3) is 4.06. The summed E-state index contributed by atoms with van der Waals surface area (Å²) < 4.78 is 5.61. The molecule has 1 saturated heterocycles. The number of imide groups is 1. The Morgan fingerprint density at radius 1 is 1.15 bits per heavy atom. The molecule has 132 valence electrons. The van der Waals surface area contributed by atoms with Gasteiger partial charge in [0.15, 0.2) is 0 Å². The second-order valence-corrected chi connectivity index (χ2v) is 6.89. The molecule has 5 heteroatoms. The zero-order valence-electron chi connectivity index (χ0n) is 14.5. The Morgan fingerprint density at radius 2 is 1.96 bits per heavy atom. The average molecular weight is 365 g/mol. The molecular formula is C21H19NO3S. The summed E-state index contributed by atoms with van der Waals surface area (Å²) in [6.45, 7) is 6.27. The maximum absolute atomic E-state index is 12.7. The van der Waals surface area contributed by atoms with E-state index >= 15 is 0 Å². The second-order valence-electron chi connectivity index (χ2n) is 5.89. The molecule has 1 aliphatic rings. The fourth-order valence-corrected chi connectivity index (χ4v) is 3.48. The Bertz CT molecular complexity index is 888. The number of amides is 2. The minimum absolute atomic E-state index is 0.257. The third-order valence-corrected chi connectivity index (χ3v) is 4.77. The van der Waals surface area contributed by atoms with E-state index in [0.29, 0.717) is 17.3 Å². The summed E-state index contributed by atoms with van der Waals surface area (Å²) >= 11 is 0.955. The molecule has 26 heavy (non-hydrogen) atoms. The van der Waals surface area contributed by atoms with Crippen molar-refractivity contribution in [3.05, 3.63) is 82.8 Å². The van der Waals surface area contributed by atoms with Crippen LogP contribution < -0.4 is 4.74 Å². The molecule has 0 N–H and O–H groups in total. The van der Waals surface area contributed by atoms with Gasteiger partial charge in [-0.25, -0.2) is 0 Å². The molecule has 1 fully saturated rings. The second kappa shape index (κ2) is 8.06. The highest BCUT2D eigenvalue weighted by Gasteiger charge is 2.35. The number of hydrogen-bond acceptors (Lipinski definition) is 4. The molecule has 0 spiro atoms. The molecule has 2 aromatic rings. The van der Waals surface area contributed by atoms with Gasteiger partial charge in [-0.2, -0.15) is 0 Å². The van der Waals surface area contributed by atoms with Crippen LogP contribution in [-0.2, 0) is 11.3 Å². The highest BCUT2D eigenvalue weighted by Crippen LogP contribution is 2.34. The van der Waals surface area contributed by atoms with Crippen LogP contribution in [0.25, 0.3) is 6.08 Å². The van der Waals surface area contributed by atoms with Crippen molar-refractivity contribution >= 4 is 29.0 Å². The number of benzene rings is 2. The molecule has 1 heterocycles. The Kier molecular flexibility index (Phi) is 5.58. The first-order chi connectivity index (χ1) is 12.6. The van der Waals surface area contributed by atoms with Crippen molar-refractivity contribution in [1.29, 1.82) is 0 Å². The topological polar surface area (TPSA) is 46.6 Å². The minimum atomic E-state index is -0.278. The Hall–Kier alpha value is -2.79. The van der Waals surface area contributed by atoms with Crippen molar-refractivity contribution in [2.45, 2.75) is 13.5 Å². The summed E-state index contributed by atoms with van der Waals surface area (Å²) in [5.41, 5.74) is 2.79. The fourth-order valence-electron chi connectivity index (χ4n) is 2.65. The molecule has 3 rings (SSSR count). The van der Waals surface area contributed by atoms with Crippen LogP contribution in [0.1, 0.15) is 16.7 Å². The van der Waals surface area contributed by atoms with Gasteiger partial charge in [0, 0.05) is 5.56 Å². The van der Waals surface area contributed by atoms with E-state index in [2.05, 4.69) is 6.58 Å². The molecule has 2 amide bonds. The number of hydrogen-bond donors (Lipinski definition) is 0. The average Bonchev–Trinajstić information content (AvgIpc) is 2.88. The van der Waals surface area contributed by atoms with E-state index in [-0.39, 0.29) is 17.7 Å². The monoisotopic (exact) mass is 365 g/mol. The number of thioether (sulfide) groups is 1. The number of nitrogens with zero attached hydrogens (tertiary/aromatic N) is 1. The maximum Gasteiger partial charge on any atom is 0.293 e. The van der Waals surface area contributed by atoms with E-state index in [0.717, 1.165) is 28.5 Å². The summed E-state index contributed by atoms with van der Waals surface area (Å²) in [7, 11) is 0. The van der Waals surface area contributed by atoms with Crippen molar-refractivity contribution in [2.24, 2.45) is 0 Å². The number of ether oxygens (including phenoxy) is 1. The molecule has 0 aliphatic carbocycles. The van der Waals surface area contributed by atoms with Gasteiger partial charge in [-0.15, -0.1) is 0 Å². The van der Waals surface area contributed by atoms with Gasteiger partial charge in [-0.05, 0) is 36.4 Å². The molecule has 0 unspecified atom stereocenters. The number of carbonyl (C=O) groups is 2. The van der Waals surface area contributed by atoms with Crippen LogP contribution in [0.15, 0.2) is 66.1 Å². The van der Waals surface area contributed by atoms with E-state index in [1.165, 1.54) is 4.90 Å². The predicted molar refractivity (Wildman–Crippen MR) is 105 cm³/mol. The van der Waals surface area contributed by atoms with Gasteiger partial charge < -0.3 is 4.74 Å². The lowest BCUT2D eigenvalue weighted by molar-refractivity contribution is -0.123. The molecule has 0 atom stereocenters. The first-order valence-electron chi connectivity index (χ1n) is 8.22. The molecule has 0 aromatic heterocycles. The van der Waals surface area contributed by atoms with Gasteiger partial charge in [-0.3, -0.25) is 14.5 Å². The van der Waals surface area contributed by atoms with Gasteiger partial charge in [0.25, 0.3) is 11.1 Å². The zero-order chi connectivity index (χ0) is 18.5. The van der Waals surface area contributed by atoms with E-state index in [1.54, 1.807) is 12.2 Å². The summed E-state index contributed by atoms with van der Waals surface area (Å²) in [6.07, 6.45) is 3.37. The summed E-state index contributed by atoms with van der Waals surface area (Å²) in [6, 6.07) is 15.2. The van der Waals surface area contributed by atoms with E-state index in [4.69, 9.17) is 4.74 Å². The Balaban J connectivity index is 1.82. The Morgan fingerprint density at radius 3 is 2.73 bits per heavy atom. The van der Waals surface area contributed by atoms with Gasteiger partial charge in [0.1, 0.15) is 12.4 Å². The fraction of sp³-hybridized carbons (Fsp3) is 0.143. The first-order valence-corrected chi connectivity index (χ1v) is 9.04. The Labute approximate surface area is 157 Å². The van der Waals surface area contributed by atoms with Crippen LogP contribution in [0, 0.1) is 6.92 Å². The standard InChI is InChI=1S/C21H19NO3S/c1-3-11-25-18-10-5-4-9-17(18)13-19-20(23)22(21(24)26-19)14-16-8-6-7-15(2)12-16/h3-10,12-13H,1,11,14H2,2H3/b19-13-. The molecule has 0 bridgehead atoms. The first kappa shape index (κ1) is 18.0. The lowest BCUT2D eigenvalue weighted by atomic mass is 10.1. The quantitative estimate of drug-likeness (QED) is 0.545. The van der Waals surface area contributed by atoms with E-state index < -0.39 is 0 Å².